The number of benzene rings is 2. The maximum Gasteiger partial charge on any atom is 0.130 e. The minimum Gasteiger partial charge on any atom is -0.387 e. The van der Waals surface area contributed by atoms with E-state index in [2.05, 4.69) is 47.3 Å². The van der Waals surface area contributed by atoms with Crippen molar-refractivity contribution in [2.45, 2.75) is 20.0 Å². The van der Waals surface area contributed by atoms with Crippen molar-refractivity contribution in [2.24, 2.45) is 0 Å². The Morgan fingerprint density at radius 3 is 2.38 bits per heavy atom. The first-order chi connectivity index (χ1) is 11.6. The molecule has 0 saturated heterocycles. The van der Waals surface area contributed by atoms with Gasteiger partial charge in [-0.05, 0) is 31.5 Å². The van der Waals surface area contributed by atoms with Gasteiger partial charge in [0.15, 0.2) is 0 Å². The highest BCUT2D eigenvalue weighted by Gasteiger charge is 2.08. The highest BCUT2D eigenvalue weighted by molar-refractivity contribution is 5.63. The zero-order valence-corrected chi connectivity index (χ0v) is 13.9. The van der Waals surface area contributed by atoms with E-state index in [-0.39, 0.29) is 0 Å². The minimum absolute atomic E-state index is 0.396. The maximum atomic E-state index is 10.2. The Bertz CT molecular complexity index is 798. The number of anilines is 1. The Kier molecular flexibility index (Phi) is 4.87. The Morgan fingerprint density at radius 2 is 1.67 bits per heavy atom. The second-order valence-electron chi connectivity index (χ2n) is 5.97. The second kappa shape index (κ2) is 7.23. The predicted molar refractivity (Wildman–Crippen MR) is 96.8 cm³/mol. The van der Waals surface area contributed by atoms with Crippen LogP contribution in [0.3, 0.4) is 0 Å². The summed E-state index contributed by atoms with van der Waals surface area (Å²) in [4.78, 5) is 8.61. The number of aromatic nitrogens is 2. The van der Waals surface area contributed by atoms with Gasteiger partial charge in [-0.1, -0.05) is 47.5 Å². The van der Waals surface area contributed by atoms with Crippen LogP contribution in [-0.2, 0) is 0 Å². The second-order valence-corrected chi connectivity index (χ2v) is 5.97. The molecule has 1 unspecified atom stereocenters. The Labute approximate surface area is 142 Å². The number of aliphatic hydroxyl groups is 1. The summed E-state index contributed by atoms with van der Waals surface area (Å²) in [5.41, 5.74) is 5.24. The third-order valence-electron chi connectivity index (χ3n) is 3.85. The first-order valence-corrected chi connectivity index (χ1v) is 7.99. The summed E-state index contributed by atoms with van der Waals surface area (Å²) in [5.74, 6) is 0.703. The van der Waals surface area contributed by atoms with Crippen molar-refractivity contribution in [3.63, 3.8) is 0 Å². The molecule has 122 valence electrons. The van der Waals surface area contributed by atoms with Gasteiger partial charge in [0.2, 0.25) is 0 Å². The molecule has 2 aromatic carbocycles. The standard InChI is InChI=1S/C20H21N3O/c1-14-8-15(2)10-17(9-14)18-11-20(23-13-22-18)21-12-19(24)16-6-4-3-5-7-16/h3-11,13,19,24H,12H2,1-2H3,(H,21,22,23). The van der Waals surface area contributed by atoms with Crippen molar-refractivity contribution < 1.29 is 5.11 Å². The van der Waals surface area contributed by atoms with Gasteiger partial charge in [0.25, 0.3) is 0 Å². The summed E-state index contributed by atoms with van der Waals surface area (Å²) in [6.07, 6.45) is 0.968. The number of aliphatic hydroxyl groups excluding tert-OH is 1. The Balaban J connectivity index is 1.74. The molecular weight excluding hydrogens is 298 g/mol. The summed E-state index contributed by atoms with van der Waals surface area (Å²) >= 11 is 0. The van der Waals surface area contributed by atoms with Gasteiger partial charge in [-0.2, -0.15) is 0 Å². The number of aryl methyl sites for hydroxylation is 2. The monoisotopic (exact) mass is 319 g/mol. The molecule has 3 rings (SSSR count). The Morgan fingerprint density at radius 1 is 0.958 bits per heavy atom. The van der Waals surface area contributed by atoms with Crippen molar-refractivity contribution in [2.75, 3.05) is 11.9 Å². The van der Waals surface area contributed by atoms with Crippen molar-refractivity contribution in [3.05, 3.63) is 77.6 Å². The van der Waals surface area contributed by atoms with Gasteiger partial charge in [-0.3, -0.25) is 0 Å². The zero-order valence-electron chi connectivity index (χ0n) is 13.9. The van der Waals surface area contributed by atoms with E-state index in [0.717, 1.165) is 16.8 Å². The zero-order chi connectivity index (χ0) is 16.9. The third kappa shape index (κ3) is 3.97. The summed E-state index contributed by atoms with van der Waals surface area (Å²) in [6, 6.07) is 17.9. The predicted octanol–water partition coefficient (Wildman–Crippen LogP) is 3.91. The van der Waals surface area contributed by atoms with Crippen molar-refractivity contribution in [1.82, 2.24) is 9.97 Å². The lowest BCUT2D eigenvalue weighted by atomic mass is 10.0. The average Bonchev–Trinajstić information content (AvgIpc) is 2.60. The van der Waals surface area contributed by atoms with E-state index >= 15 is 0 Å². The normalized spacial score (nSPS) is 12.0. The van der Waals surface area contributed by atoms with E-state index in [1.807, 2.05) is 36.4 Å². The first-order valence-electron chi connectivity index (χ1n) is 7.99. The van der Waals surface area contributed by atoms with Crippen LogP contribution in [0.5, 0.6) is 0 Å². The molecule has 4 nitrogen and oxygen atoms in total. The fourth-order valence-electron chi connectivity index (χ4n) is 2.73. The number of nitrogens with zero attached hydrogens (tertiary/aromatic N) is 2. The molecule has 4 heteroatoms. The highest BCUT2D eigenvalue weighted by atomic mass is 16.3. The summed E-state index contributed by atoms with van der Waals surface area (Å²) in [6.45, 7) is 4.55. The highest BCUT2D eigenvalue weighted by Crippen LogP contribution is 2.22. The van der Waals surface area contributed by atoms with E-state index in [1.54, 1.807) is 6.33 Å². The van der Waals surface area contributed by atoms with Crippen molar-refractivity contribution >= 4 is 5.82 Å². The molecule has 0 aliphatic rings. The Hall–Kier alpha value is -2.72. The van der Waals surface area contributed by atoms with Gasteiger partial charge in [0, 0.05) is 18.2 Å². The molecule has 1 aromatic heterocycles. The lowest BCUT2D eigenvalue weighted by Gasteiger charge is -2.13. The maximum absolute atomic E-state index is 10.2. The van der Waals surface area contributed by atoms with Crippen LogP contribution in [-0.4, -0.2) is 21.6 Å². The molecule has 1 atom stereocenters. The quantitative estimate of drug-likeness (QED) is 0.748. The molecule has 1 heterocycles. The van der Waals surface area contributed by atoms with Gasteiger partial charge in [-0.15, -0.1) is 0 Å². The molecule has 0 radical (unpaired) electrons. The number of hydrogen-bond acceptors (Lipinski definition) is 4. The molecule has 3 aromatic rings. The molecule has 0 saturated carbocycles. The van der Waals surface area contributed by atoms with Gasteiger partial charge in [-0.25, -0.2) is 9.97 Å². The van der Waals surface area contributed by atoms with Gasteiger partial charge in [0.1, 0.15) is 12.1 Å². The molecule has 0 fully saturated rings. The number of hydrogen-bond donors (Lipinski definition) is 2. The largest absolute Gasteiger partial charge is 0.387 e. The molecule has 0 aliphatic carbocycles. The van der Waals surface area contributed by atoms with Crippen LogP contribution in [0.2, 0.25) is 0 Å². The summed E-state index contributed by atoms with van der Waals surface area (Å²) in [5, 5.41) is 13.4. The lowest BCUT2D eigenvalue weighted by molar-refractivity contribution is 0.191. The average molecular weight is 319 g/mol. The minimum atomic E-state index is -0.578. The van der Waals surface area contributed by atoms with Crippen LogP contribution in [0.1, 0.15) is 22.8 Å². The molecule has 0 aliphatic heterocycles. The summed E-state index contributed by atoms with van der Waals surface area (Å²) < 4.78 is 0. The SMILES string of the molecule is Cc1cc(C)cc(-c2cc(NCC(O)c3ccccc3)ncn2)c1. The topological polar surface area (TPSA) is 58.0 Å². The van der Waals surface area contributed by atoms with Crippen molar-refractivity contribution in [1.29, 1.82) is 0 Å². The third-order valence-corrected chi connectivity index (χ3v) is 3.85. The lowest BCUT2D eigenvalue weighted by Crippen LogP contribution is -2.13. The molecular formula is C20H21N3O. The van der Waals surface area contributed by atoms with Crippen LogP contribution < -0.4 is 5.32 Å². The first kappa shape index (κ1) is 16.1. The van der Waals surface area contributed by atoms with Crippen LogP contribution in [0.25, 0.3) is 11.3 Å². The molecule has 0 spiro atoms. The summed E-state index contributed by atoms with van der Waals surface area (Å²) in [7, 11) is 0. The fourth-order valence-corrected chi connectivity index (χ4v) is 2.73. The molecule has 2 N–H and O–H groups in total. The van der Waals surface area contributed by atoms with Gasteiger partial charge >= 0.3 is 0 Å². The van der Waals surface area contributed by atoms with Gasteiger partial charge < -0.3 is 10.4 Å². The van der Waals surface area contributed by atoms with E-state index in [1.165, 1.54) is 11.1 Å². The van der Waals surface area contributed by atoms with Gasteiger partial charge in [0.05, 0.1) is 11.8 Å². The molecule has 0 amide bonds. The van der Waals surface area contributed by atoms with E-state index in [0.29, 0.717) is 12.4 Å². The number of nitrogens with one attached hydrogen (secondary N) is 1. The molecule has 24 heavy (non-hydrogen) atoms. The van der Waals surface area contributed by atoms with Crippen LogP contribution in [0, 0.1) is 13.8 Å². The van der Waals surface area contributed by atoms with Crippen LogP contribution >= 0.6 is 0 Å². The molecule has 0 bridgehead atoms. The van der Waals surface area contributed by atoms with E-state index in [4.69, 9.17) is 0 Å². The smallest absolute Gasteiger partial charge is 0.130 e. The number of rotatable bonds is 5. The van der Waals surface area contributed by atoms with E-state index < -0.39 is 6.10 Å². The van der Waals surface area contributed by atoms with Crippen LogP contribution in [0.15, 0.2) is 60.9 Å². The van der Waals surface area contributed by atoms with Crippen LogP contribution in [0.4, 0.5) is 5.82 Å². The van der Waals surface area contributed by atoms with E-state index in [9.17, 15) is 5.11 Å². The fraction of sp³-hybridized carbons (Fsp3) is 0.200. The van der Waals surface area contributed by atoms with Crippen molar-refractivity contribution in [3.8, 4) is 11.3 Å².